The van der Waals surface area contributed by atoms with Crippen LogP contribution in [0.3, 0.4) is 0 Å². The van der Waals surface area contributed by atoms with Crippen LogP contribution in [-0.4, -0.2) is 24.0 Å². The van der Waals surface area contributed by atoms with E-state index < -0.39 is 0 Å². The summed E-state index contributed by atoms with van der Waals surface area (Å²) in [6.45, 7) is 7.27. The molecule has 0 aliphatic rings. The zero-order valence-corrected chi connectivity index (χ0v) is 7.83. The zero-order chi connectivity index (χ0) is 9.56. The molecule has 0 aromatic rings. The van der Waals surface area contributed by atoms with Crippen molar-refractivity contribution in [1.29, 1.82) is 5.41 Å². The van der Waals surface area contributed by atoms with E-state index in [9.17, 15) is 0 Å². The van der Waals surface area contributed by atoms with Crippen molar-refractivity contribution in [1.82, 2.24) is 5.01 Å². The van der Waals surface area contributed by atoms with Crippen LogP contribution in [0.2, 0.25) is 0 Å². The van der Waals surface area contributed by atoms with Crippen molar-refractivity contribution in [2.45, 2.75) is 13.8 Å². The van der Waals surface area contributed by atoms with Crippen LogP contribution in [0.5, 0.6) is 0 Å². The molecular weight excluding hydrogens is 150 g/mol. The summed E-state index contributed by atoms with van der Waals surface area (Å²) in [5, 5.41) is 12.8. The summed E-state index contributed by atoms with van der Waals surface area (Å²) in [5.74, 6) is 0. The lowest BCUT2D eigenvalue weighted by Gasteiger charge is -2.04. The average Bonchev–Trinajstić information content (AvgIpc) is 1.96. The summed E-state index contributed by atoms with van der Waals surface area (Å²) in [6, 6.07) is 0. The van der Waals surface area contributed by atoms with E-state index in [0.717, 1.165) is 5.57 Å². The average molecular weight is 165 g/mol. The first-order valence-electron chi connectivity index (χ1n) is 3.68. The van der Waals surface area contributed by atoms with Gasteiger partial charge in [0.15, 0.2) is 0 Å². The van der Waals surface area contributed by atoms with Gasteiger partial charge in [0.05, 0.1) is 0 Å². The monoisotopic (exact) mass is 165 g/mol. The maximum absolute atomic E-state index is 7.12. The third-order valence-corrected chi connectivity index (χ3v) is 1.00. The molecule has 0 aliphatic heterocycles. The van der Waals surface area contributed by atoms with E-state index in [1.54, 1.807) is 37.5 Å². The van der Waals surface area contributed by atoms with Gasteiger partial charge in [-0.3, -0.25) is 5.01 Å². The lowest BCUT2D eigenvalue weighted by Crippen LogP contribution is -2.02. The molecular formula is C9H15N3. The second kappa shape index (κ2) is 5.29. The van der Waals surface area contributed by atoms with Gasteiger partial charge in [-0.05, 0) is 25.5 Å². The quantitative estimate of drug-likeness (QED) is 0.502. The Labute approximate surface area is 73.6 Å². The first-order valence-corrected chi connectivity index (χ1v) is 3.68. The van der Waals surface area contributed by atoms with Crippen LogP contribution in [-0.2, 0) is 0 Å². The second-order valence-corrected chi connectivity index (χ2v) is 2.66. The molecule has 0 aromatic carbocycles. The summed E-state index contributed by atoms with van der Waals surface area (Å²) in [5.41, 5.74) is 1.41. The van der Waals surface area contributed by atoms with Crippen LogP contribution in [0.15, 0.2) is 29.5 Å². The van der Waals surface area contributed by atoms with Gasteiger partial charge in [-0.25, -0.2) is 0 Å². The lowest BCUT2D eigenvalue weighted by atomic mass is 10.4. The van der Waals surface area contributed by atoms with E-state index >= 15 is 0 Å². The molecule has 0 bridgehead atoms. The number of allylic oxidation sites excluding steroid dienone is 2. The van der Waals surface area contributed by atoms with E-state index in [1.807, 2.05) is 6.92 Å². The van der Waals surface area contributed by atoms with Crippen molar-refractivity contribution < 1.29 is 0 Å². The molecule has 0 rings (SSSR count). The third-order valence-electron chi connectivity index (χ3n) is 1.00. The van der Waals surface area contributed by atoms with Crippen LogP contribution in [0.4, 0.5) is 0 Å². The van der Waals surface area contributed by atoms with Gasteiger partial charge in [-0.15, -0.1) is 0 Å². The van der Waals surface area contributed by atoms with E-state index in [2.05, 4.69) is 11.7 Å². The largest absolute Gasteiger partial charge is 0.306 e. The fourth-order valence-corrected chi connectivity index (χ4v) is 0.448. The van der Waals surface area contributed by atoms with Crippen molar-refractivity contribution in [3.8, 4) is 0 Å². The molecule has 0 saturated carbocycles. The lowest BCUT2D eigenvalue weighted by molar-refractivity contribution is 0.493. The molecule has 0 unspecified atom stereocenters. The highest BCUT2D eigenvalue weighted by Gasteiger charge is 1.83. The molecule has 3 nitrogen and oxygen atoms in total. The summed E-state index contributed by atoms with van der Waals surface area (Å²) in [4.78, 5) is 0. The molecule has 1 N–H and O–H groups in total. The highest BCUT2D eigenvalue weighted by molar-refractivity contribution is 5.89. The minimum Gasteiger partial charge on any atom is -0.306 e. The van der Waals surface area contributed by atoms with Crippen LogP contribution in [0, 0.1) is 5.41 Å². The minimum absolute atomic E-state index is 0.507. The van der Waals surface area contributed by atoms with Crippen LogP contribution >= 0.6 is 0 Å². The standard InChI is InChI=1S/C9H15N3/c1-8(2)7-11-12(4)6-5-9(3)10/h5-7,10H,1H2,2-4H3/b6-5-,10-9?,11-7-. The number of nitrogens with zero attached hydrogens (tertiary/aromatic N) is 2. The molecule has 0 fully saturated rings. The molecule has 0 heterocycles. The fraction of sp³-hybridized carbons (Fsp3) is 0.333. The molecule has 0 radical (unpaired) electrons. The Kier molecular flexibility index (Phi) is 4.69. The van der Waals surface area contributed by atoms with Gasteiger partial charge in [0.1, 0.15) is 0 Å². The molecule has 3 heteroatoms. The fourth-order valence-electron chi connectivity index (χ4n) is 0.448. The van der Waals surface area contributed by atoms with Gasteiger partial charge >= 0.3 is 0 Å². The van der Waals surface area contributed by atoms with Gasteiger partial charge in [0, 0.05) is 25.2 Å². The molecule has 0 saturated heterocycles. The number of hydrogen-bond acceptors (Lipinski definition) is 3. The van der Waals surface area contributed by atoms with Crippen molar-refractivity contribution in [2.24, 2.45) is 5.10 Å². The summed E-state index contributed by atoms with van der Waals surface area (Å²) in [6.07, 6.45) is 5.07. The van der Waals surface area contributed by atoms with E-state index in [4.69, 9.17) is 5.41 Å². The molecule has 0 aliphatic carbocycles. The maximum Gasteiger partial charge on any atom is 0.0497 e. The molecule has 12 heavy (non-hydrogen) atoms. The van der Waals surface area contributed by atoms with E-state index in [0.29, 0.717) is 5.71 Å². The number of nitrogens with one attached hydrogen (secondary N) is 1. The summed E-state index contributed by atoms with van der Waals surface area (Å²) >= 11 is 0. The highest BCUT2D eigenvalue weighted by Crippen LogP contribution is 1.88. The predicted octanol–water partition coefficient (Wildman–Crippen LogP) is 2.03. The molecule has 0 aromatic heterocycles. The SMILES string of the molecule is C=C(C)/C=N\N(C)/C=C\C(C)=N. The Bertz CT molecular complexity index is 202. The van der Waals surface area contributed by atoms with Gasteiger partial charge < -0.3 is 5.41 Å². The van der Waals surface area contributed by atoms with E-state index in [1.165, 1.54) is 0 Å². The van der Waals surface area contributed by atoms with Crippen molar-refractivity contribution >= 4 is 11.9 Å². The molecule has 0 amide bonds. The Balaban J connectivity index is 3.97. The van der Waals surface area contributed by atoms with E-state index in [-0.39, 0.29) is 0 Å². The Morgan fingerprint density at radius 3 is 2.50 bits per heavy atom. The smallest absolute Gasteiger partial charge is 0.0497 e. The Morgan fingerprint density at radius 1 is 1.50 bits per heavy atom. The van der Waals surface area contributed by atoms with Crippen molar-refractivity contribution in [3.63, 3.8) is 0 Å². The Morgan fingerprint density at radius 2 is 2.08 bits per heavy atom. The number of hydrogen-bond donors (Lipinski definition) is 1. The molecule has 0 atom stereocenters. The Hall–Kier alpha value is -1.38. The van der Waals surface area contributed by atoms with Crippen LogP contribution in [0.1, 0.15) is 13.8 Å². The highest BCUT2D eigenvalue weighted by atomic mass is 15.4. The molecule has 66 valence electrons. The zero-order valence-electron chi connectivity index (χ0n) is 7.83. The maximum atomic E-state index is 7.12. The van der Waals surface area contributed by atoms with Crippen LogP contribution in [0.25, 0.3) is 0 Å². The number of hydrazone groups is 1. The topological polar surface area (TPSA) is 39.5 Å². The first kappa shape index (κ1) is 10.6. The second-order valence-electron chi connectivity index (χ2n) is 2.66. The van der Waals surface area contributed by atoms with Crippen LogP contribution < -0.4 is 0 Å². The number of rotatable bonds is 4. The normalized spacial score (nSPS) is 10.9. The van der Waals surface area contributed by atoms with Gasteiger partial charge in [0.2, 0.25) is 0 Å². The summed E-state index contributed by atoms with van der Waals surface area (Å²) in [7, 11) is 1.80. The predicted molar refractivity (Wildman–Crippen MR) is 53.6 cm³/mol. The van der Waals surface area contributed by atoms with Gasteiger partial charge in [-0.2, -0.15) is 5.10 Å². The summed E-state index contributed by atoms with van der Waals surface area (Å²) < 4.78 is 0. The molecule has 0 spiro atoms. The minimum atomic E-state index is 0.507. The van der Waals surface area contributed by atoms with Crippen molar-refractivity contribution in [2.75, 3.05) is 7.05 Å². The van der Waals surface area contributed by atoms with Gasteiger partial charge in [0.25, 0.3) is 0 Å². The van der Waals surface area contributed by atoms with Crippen molar-refractivity contribution in [3.05, 3.63) is 24.4 Å². The third kappa shape index (κ3) is 6.74. The van der Waals surface area contributed by atoms with Gasteiger partial charge in [-0.1, -0.05) is 6.58 Å². The first-order chi connectivity index (χ1) is 5.52.